The van der Waals surface area contributed by atoms with E-state index in [-0.39, 0.29) is 6.04 Å². The summed E-state index contributed by atoms with van der Waals surface area (Å²) in [7, 11) is 1.67. The summed E-state index contributed by atoms with van der Waals surface area (Å²) >= 11 is 0. The van der Waals surface area contributed by atoms with Crippen molar-refractivity contribution in [2.75, 3.05) is 20.2 Å². The van der Waals surface area contributed by atoms with Crippen molar-refractivity contribution in [1.29, 1.82) is 0 Å². The zero-order valence-corrected chi connectivity index (χ0v) is 14.3. The van der Waals surface area contributed by atoms with Crippen molar-refractivity contribution < 1.29 is 9.84 Å². The standard InChI is InChI=1S/C19H31NO2/c1-4-5-6-7-13-20-14-9-12-18(20)19(2,21)16-10-8-11-17(15-16)22-3/h8,10-11,15,18,21H,4-7,9,12-14H2,1-3H3. The average Bonchev–Trinajstić information content (AvgIpc) is 3.01. The monoisotopic (exact) mass is 305 g/mol. The van der Waals surface area contributed by atoms with Crippen LogP contribution >= 0.6 is 0 Å². The lowest BCUT2D eigenvalue weighted by molar-refractivity contribution is -0.0234. The van der Waals surface area contributed by atoms with E-state index in [2.05, 4.69) is 11.8 Å². The van der Waals surface area contributed by atoms with Gasteiger partial charge in [-0.25, -0.2) is 0 Å². The molecule has 3 nitrogen and oxygen atoms in total. The Labute approximate surface area is 135 Å². The molecule has 1 fully saturated rings. The number of aliphatic hydroxyl groups is 1. The van der Waals surface area contributed by atoms with Crippen molar-refractivity contribution in [3.63, 3.8) is 0 Å². The van der Waals surface area contributed by atoms with Gasteiger partial charge in [0.1, 0.15) is 11.4 Å². The number of unbranched alkanes of at least 4 members (excludes halogenated alkanes) is 3. The minimum absolute atomic E-state index is 0.209. The number of hydrogen-bond acceptors (Lipinski definition) is 3. The molecule has 0 amide bonds. The van der Waals surface area contributed by atoms with Crippen LogP contribution in [0.15, 0.2) is 24.3 Å². The molecule has 0 radical (unpaired) electrons. The molecule has 0 aromatic heterocycles. The first-order valence-electron chi connectivity index (χ1n) is 8.70. The van der Waals surface area contributed by atoms with E-state index in [1.807, 2.05) is 31.2 Å². The second-order valence-corrected chi connectivity index (χ2v) is 6.63. The summed E-state index contributed by atoms with van der Waals surface area (Å²) in [5.41, 5.74) is 0.132. The Morgan fingerprint density at radius 3 is 2.86 bits per heavy atom. The van der Waals surface area contributed by atoms with Gasteiger partial charge in [-0.3, -0.25) is 4.90 Å². The number of ether oxygens (including phenoxy) is 1. The molecule has 2 atom stereocenters. The molecule has 1 aromatic carbocycles. The van der Waals surface area contributed by atoms with Crippen molar-refractivity contribution in [2.24, 2.45) is 0 Å². The molecule has 1 saturated heterocycles. The maximum Gasteiger partial charge on any atom is 0.119 e. The Kier molecular flexibility index (Phi) is 6.27. The van der Waals surface area contributed by atoms with Gasteiger partial charge in [-0.2, -0.15) is 0 Å². The summed E-state index contributed by atoms with van der Waals surface area (Å²) in [6.45, 7) is 6.41. The van der Waals surface area contributed by atoms with E-state index in [1.165, 1.54) is 32.1 Å². The van der Waals surface area contributed by atoms with Crippen molar-refractivity contribution in [1.82, 2.24) is 4.90 Å². The molecule has 0 bridgehead atoms. The summed E-state index contributed by atoms with van der Waals surface area (Å²) in [4.78, 5) is 2.48. The molecule has 1 heterocycles. The van der Waals surface area contributed by atoms with E-state index in [1.54, 1.807) is 7.11 Å². The highest BCUT2D eigenvalue weighted by molar-refractivity contribution is 5.33. The fraction of sp³-hybridized carbons (Fsp3) is 0.684. The summed E-state index contributed by atoms with van der Waals surface area (Å²) in [6, 6.07) is 8.07. The van der Waals surface area contributed by atoms with Gasteiger partial charge >= 0.3 is 0 Å². The maximum absolute atomic E-state index is 11.2. The SMILES string of the molecule is CCCCCCN1CCCC1C(C)(O)c1cccc(OC)c1. The van der Waals surface area contributed by atoms with Gasteiger partial charge in [-0.1, -0.05) is 38.3 Å². The summed E-state index contributed by atoms with van der Waals surface area (Å²) < 4.78 is 5.31. The lowest BCUT2D eigenvalue weighted by Crippen LogP contribution is -2.46. The molecule has 1 aromatic rings. The molecular weight excluding hydrogens is 274 g/mol. The molecule has 0 aliphatic carbocycles. The smallest absolute Gasteiger partial charge is 0.119 e. The summed E-state index contributed by atoms with van der Waals surface area (Å²) in [5.74, 6) is 0.810. The summed E-state index contributed by atoms with van der Waals surface area (Å²) in [5, 5.41) is 11.2. The fourth-order valence-corrected chi connectivity index (χ4v) is 3.60. The number of benzene rings is 1. The highest BCUT2D eigenvalue weighted by atomic mass is 16.5. The summed E-state index contributed by atoms with van der Waals surface area (Å²) in [6.07, 6.45) is 7.35. The lowest BCUT2D eigenvalue weighted by atomic mass is 9.86. The Bertz CT molecular complexity index is 459. The van der Waals surface area contributed by atoms with Crippen molar-refractivity contribution in [2.45, 2.75) is 64.0 Å². The van der Waals surface area contributed by atoms with Crippen LogP contribution in [0.4, 0.5) is 0 Å². The van der Waals surface area contributed by atoms with E-state index in [0.29, 0.717) is 0 Å². The van der Waals surface area contributed by atoms with Gasteiger partial charge < -0.3 is 9.84 Å². The molecule has 1 aliphatic heterocycles. The highest BCUT2D eigenvalue weighted by Crippen LogP contribution is 2.35. The van der Waals surface area contributed by atoms with E-state index in [9.17, 15) is 5.11 Å². The molecular formula is C19H31NO2. The number of hydrogen-bond donors (Lipinski definition) is 1. The first-order chi connectivity index (χ1) is 10.6. The molecule has 3 heteroatoms. The van der Waals surface area contributed by atoms with Crippen molar-refractivity contribution in [3.05, 3.63) is 29.8 Å². The van der Waals surface area contributed by atoms with Crippen LogP contribution in [0.1, 0.15) is 57.9 Å². The van der Waals surface area contributed by atoms with Crippen LogP contribution in [0.25, 0.3) is 0 Å². The van der Waals surface area contributed by atoms with Gasteiger partial charge in [-0.15, -0.1) is 0 Å². The predicted octanol–water partition coefficient (Wildman–Crippen LogP) is 3.95. The van der Waals surface area contributed by atoms with Gasteiger partial charge in [0, 0.05) is 6.04 Å². The Balaban J connectivity index is 2.05. The first-order valence-corrected chi connectivity index (χ1v) is 8.70. The predicted molar refractivity (Wildman–Crippen MR) is 91.3 cm³/mol. The minimum atomic E-state index is -0.824. The molecule has 124 valence electrons. The third-order valence-corrected chi connectivity index (χ3v) is 4.97. The second-order valence-electron chi connectivity index (χ2n) is 6.63. The molecule has 0 saturated carbocycles. The molecule has 2 rings (SSSR count). The molecule has 0 spiro atoms. The number of nitrogens with zero attached hydrogens (tertiary/aromatic N) is 1. The van der Waals surface area contributed by atoms with Crippen LogP contribution in [-0.4, -0.2) is 36.2 Å². The third kappa shape index (κ3) is 4.02. The molecule has 1 N–H and O–H groups in total. The quantitative estimate of drug-likeness (QED) is 0.738. The van der Waals surface area contributed by atoms with Gasteiger partial charge in [0.05, 0.1) is 7.11 Å². The minimum Gasteiger partial charge on any atom is -0.497 e. The van der Waals surface area contributed by atoms with Crippen LogP contribution in [0.5, 0.6) is 5.75 Å². The topological polar surface area (TPSA) is 32.7 Å². The van der Waals surface area contributed by atoms with Gasteiger partial charge in [0.25, 0.3) is 0 Å². The number of rotatable bonds is 8. The van der Waals surface area contributed by atoms with E-state index >= 15 is 0 Å². The van der Waals surface area contributed by atoms with Gasteiger partial charge in [0.15, 0.2) is 0 Å². The normalized spacial score (nSPS) is 21.7. The third-order valence-electron chi connectivity index (χ3n) is 4.97. The van der Waals surface area contributed by atoms with Crippen molar-refractivity contribution >= 4 is 0 Å². The van der Waals surface area contributed by atoms with Crippen LogP contribution in [0, 0.1) is 0 Å². The van der Waals surface area contributed by atoms with Crippen LogP contribution < -0.4 is 4.74 Å². The van der Waals surface area contributed by atoms with Gasteiger partial charge in [0.2, 0.25) is 0 Å². The van der Waals surface area contributed by atoms with Crippen LogP contribution in [-0.2, 0) is 5.60 Å². The molecule has 1 aliphatic rings. The average molecular weight is 305 g/mol. The van der Waals surface area contributed by atoms with Crippen molar-refractivity contribution in [3.8, 4) is 5.75 Å². The maximum atomic E-state index is 11.2. The number of likely N-dealkylation sites (tertiary alicyclic amines) is 1. The van der Waals surface area contributed by atoms with E-state index < -0.39 is 5.60 Å². The van der Waals surface area contributed by atoms with Crippen LogP contribution in [0.3, 0.4) is 0 Å². The zero-order chi connectivity index (χ0) is 16.0. The first kappa shape index (κ1) is 17.3. The Hall–Kier alpha value is -1.06. The fourth-order valence-electron chi connectivity index (χ4n) is 3.60. The highest BCUT2D eigenvalue weighted by Gasteiger charge is 2.40. The Morgan fingerprint density at radius 2 is 2.14 bits per heavy atom. The molecule has 2 unspecified atom stereocenters. The second kappa shape index (κ2) is 7.98. The zero-order valence-electron chi connectivity index (χ0n) is 14.3. The largest absolute Gasteiger partial charge is 0.497 e. The Morgan fingerprint density at radius 1 is 1.32 bits per heavy atom. The van der Waals surface area contributed by atoms with Gasteiger partial charge in [-0.05, 0) is 57.0 Å². The molecule has 22 heavy (non-hydrogen) atoms. The number of methoxy groups -OCH3 is 1. The van der Waals surface area contributed by atoms with Crippen LogP contribution in [0.2, 0.25) is 0 Å². The van der Waals surface area contributed by atoms with E-state index in [4.69, 9.17) is 4.74 Å². The lowest BCUT2D eigenvalue weighted by Gasteiger charge is -2.37. The van der Waals surface area contributed by atoms with E-state index in [0.717, 1.165) is 30.8 Å².